The van der Waals surface area contributed by atoms with Crippen molar-refractivity contribution < 1.29 is 0 Å². The van der Waals surface area contributed by atoms with Crippen LogP contribution in [0.1, 0.15) is 56.0 Å². The molecule has 0 saturated heterocycles. The van der Waals surface area contributed by atoms with Crippen molar-refractivity contribution in [1.82, 2.24) is 9.55 Å². The van der Waals surface area contributed by atoms with Crippen LogP contribution in [0, 0.1) is 13.8 Å². The fourth-order valence-corrected chi connectivity index (χ4v) is 11.8. The molecule has 0 radical (unpaired) electrons. The quantitative estimate of drug-likeness (QED) is 0.180. The Morgan fingerprint density at radius 2 is 1.39 bits per heavy atom. The molecule has 9 aromatic rings. The van der Waals surface area contributed by atoms with E-state index in [-0.39, 0.29) is 12.1 Å². The van der Waals surface area contributed by atoms with Crippen molar-refractivity contribution >= 4 is 84.2 Å². The summed E-state index contributed by atoms with van der Waals surface area (Å²) in [6.07, 6.45) is 6.94. The largest absolute Gasteiger partial charge is 0.353 e. The van der Waals surface area contributed by atoms with Gasteiger partial charge in [-0.15, -0.1) is 0 Å². The second-order valence-corrected chi connectivity index (χ2v) is 18.2. The third kappa shape index (κ3) is 4.56. The number of aromatic amines is 1. The Balaban J connectivity index is 1.15. The van der Waals surface area contributed by atoms with Gasteiger partial charge in [0, 0.05) is 78.0 Å². The van der Waals surface area contributed by atoms with Gasteiger partial charge in [-0.2, -0.15) is 0 Å². The molecule has 4 aliphatic rings. The first-order valence-corrected chi connectivity index (χ1v) is 21.9. The minimum atomic E-state index is -0.178. The first kappa shape index (κ1) is 34.8. The van der Waals surface area contributed by atoms with E-state index in [2.05, 4.69) is 206 Å². The molecule has 5 heteroatoms. The summed E-state index contributed by atoms with van der Waals surface area (Å²) >= 11 is 0. The molecular weight excluding hydrogens is 739 g/mol. The Kier molecular flexibility index (Phi) is 7.03. The van der Waals surface area contributed by atoms with Crippen molar-refractivity contribution in [2.45, 2.75) is 52.9 Å². The second-order valence-electron chi connectivity index (χ2n) is 18.2. The number of hydrogen-bond acceptors (Lipinski definition) is 2. The van der Waals surface area contributed by atoms with E-state index in [1.165, 1.54) is 106 Å². The zero-order chi connectivity index (χ0) is 40.9. The van der Waals surface area contributed by atoms with E-state index in [9.17, 15) is 0 Å². The molecule has 0 atom stereocenters. The third-order valence-corrected chi connectivity index (χ3v) is 14.4. The highest BCUT2D eigenvalue weighted by Crippen LogP contribution is 2.55. The number of rotatable bonds is 4. The summed E-state index contributed by atoms with van der Waals surface area (Å²) in [6.45, 7) is 11.7. The van der Waals surface area contributed by atoms with Crippen LogP contribution in [-0.2, 0) is 5.41 Å². The number of allylic oxidation sites excluding steroid dienone is 3. The number of benzene rings is 7. The standard InChI is InChI=1S/C56H45BN4/c1-33-30-49-52-50(31-33)61-54-40(51-39-19-8-10-22-41(39)56(4,5)55(51)61)21-14-23-43(54)57(52)42-29-28-36(59(45-25-12-6-16-34(45)2)46-26-13-7-17-35(46)3)32-48(42)60(49)47-27-15-20-38-37-18-9-11-24-44(37)58-53(38)47/h6,8-12,14-32,58H,7,13H2,1-5H3. The summed E-state index contributed by atoms with van der Waals surface area (Å²) < 4.78 is 2.67. The maximum atomic E-state index is 3.91. The van der Waals surface area contributed by atoms with Crippen LogP contribution in [-0.4, -0.2) is 16.3 Å². The molecule has 4 nitrogen and oxygen atoms in total. The van der Waals surface area contributed by atoms with Crippen LogP contribution in [0.5, 0.6) is 0 Å². The van der Waals surface area contributed by atoms with Crippen LogP contribution >= 0.6 is 0 Å². The molecule has 0 saturated carbocycles. The number of anilines is 5. The van der Waals surface area contributed by atoms with Gasteiger partial charge in [0.15, 0.2) is 0 Å². The summed E-state index contributed by atoms with van der Waals surface area (Å²) in [5, 5.41) is 3.83. The Labute approximate surface area is 357 Å². The maximum absolute atomic E-state index is 3.91. The lowest BCUT2D eigenvalue weighted by Gasteiger charge is -2.42. The number of hydrogen-bond donors (Lipinski definition) is 1. The maximum Gasteiger partial charge on any atom is 0.252 e. The zero-order valence-electron chi connectivity index (χ0n) is 35.3. The Hall–Kier alpha value is -6.98. The van der Waals surface area contributed by atoms with Crippen molar-refractivity contribution in [3.05, 3.63) is 185 Å². The van der Waals surface area contributed by atoms with E-state index in [4.69, 9.17) is 0 Å². The molecule has 292 valence electrons. The summed E-state index contributed by atoms with van der Waals surface area (Å²) in [5.41, 5.74) is 25.4. The van der Waals surface area contributed by atoms with Crippen LogP contribution in [0.4, 0.5) is 28.4 Å². The number of fused-ring (bicyclic) bond motifs is 12. The fraction of sp³-hybridized carbons (Fsp3) is 0.143. The molecule has 2 aromatic heterocycles. The number of aryl methyl sites for hydroxylation is 2. The predicted molar refractivity (Wildman–Crippen MR) is 259 cm³/mol. The molecule has 0 fully saturated rings. The molecule has 4 heterocycles. The second kappa shape index (κ2) is 12.3. The highest BCUT2D eigenvalue weighted by atomic mass is 15.2. The molecule has 0 bridgehead atoms. The summed E-state index contributed by atoms with van der Waals surface area (Å²) in [4.78, 5) is 9.02. The normalized spacial score (nSPS) is 15.4. The number of aromatic nitrogens is 2. The van der Waals surface area contributed by atoms with Crippen molar-refractivity contribution in [2.24, 2.45) is 0 Å². The molecule has 0 amide bonds. The molecule has 1 N–H and O–H groups in total. The van der Waals surface area contributed by atoms with Gasteiger partial charge in [0.05, 0.1) is 11.2 Å². The molecule has 2 aliphatic heterocycles. The average molecular weight is 785 g/mol. The fourth-order valence-electron chi connectivity index (χ4n) is 11.8. The molecule has 2 aliphatic carbocycles. The van der Waals surface area contributed by atoms with Gasteiger partial charge in [0.2, 0.25) is 0 Å². The molecule has 61 heavy (non-hydrogen) atoms. The van der Waals surface area contributed by atoms with Gasteiger partial charge in [0.25, 0.3) is 6.71 Å². The lowest BCUT2D eigenvalue weighted by molar-refractivity contribution is 0.624. The number of nitrogens with one attached hydrogen (secondary N) is 1. The van der Waals surface area contributed by atoms with Crippen molar-refractivity contribution in [3.63, 3.8) is 0 Å². The first-order chi connectivity index (χ1) is 29.8. The van der Waals surface area contributed by atoms with Gasteiger partial charge < -0.3 is 19.4 Å². The minimum Gasteiger partial charge on any atom is -0.353 e. The SMILES string of the molecule is CC1=CCCC=C1N(c1ccc2c(c1)N(c1cccc3c1[nH]c1ccccc13)c1cc(C)cc3c1B2c1cccc2c4c(n-3c12)C(C)(C)c1ccccc1-4)c1ccccc1C. The van der Waals surface area contributed by atoms with E-state index >= 15 is 0 Å². The molecule has 7 aromatic carbocycles. The highest BCUT2D eigenvalue weighted by molar-refractivity contribution is 7.00. The third-order valence-electron chi connectivity index (χ3n) is 14.4. The lowest BCUT2D eigenvalue weighted by Crippen LogP contribution is -2.60. The summed E-state index contributed by atoms with van der Waals surface area (Å²) in [7, 11) is 0. The van der Waals surface area contributed by atoms with Crippen LogP contribution in [0.15, 0.2) is 163 Å². The van der Waals surface area contributed by atoms with Gasteiger partial charge in [0.1, 0.15) is 0 Å². The van der Waals surface area contributed by atoms with Crippen LogP contribution in [0.25, 0.3) is 49.5 Å². The number of nitrogens with zero attached hydrogens (tertiary/aromatic N) is 3. The first-order valence-electron chi connectivity index (χ1n) is 21.9. The van der Waals surface area contributed by atoms with Crippen molar-refractivity contribution in [2.75, 3.05) is 9.80 Å². The molecular formula is C56H45BN4. The molecule has 13 rings (SSSR count). The van der Waals surface area contributed by atoms with E-state index in [1.54, 1.807) is 0 Å². The smallest absolute Gasteiger partial charge is 0.252 e. The summed E-state index contributed by atoms with van der Waals surface area (Å²) in [5.74, 6) is 0. The molecule has 0 spiro atoms. The topological polar surface area (TPSA) is 27.2 Å². The Morgan fingerprint density at radius 3 is 2.28 bits per heavy atom. The predicted octanol–water partition coefficient (Wildman–Crippen LogP) is 12.6. The van der Waals surface area contributed by atoms with E-state index in [1.807, 2.05) is 0 Å². The molecule has 0 unspecified atom stereocenters. The van der Waals surface area contributed by atoms with Crippen LogP contribution in [0.3, 0.4) is 0 Å². The van der Waals surface area contributed by atoms with Gasteiger partial charge in [-0.25, -0.2) is 0 Å². The summed E-state index contributed by atoms with van der Waals surface area (Å²) in [6, 6.07) is 52.8. The van der Waals surface area contributed by atoms with Gasteiger partial charge in [-0.05, 0) is 120 Å². The van der Waals surface area contributed by atoms with Crippen molar-refractivity contribution in [3.8, 4) is 16.8 Å². The highest BCUT2D eigenvalue weighted by Gasteiger charge is 2.47. The zero-order valence-corrected chi connectivity index (χ0v) is 35.3. The van der Waals surface area contributed by atoms with E-state index in [0.29, 0.717) is 0 Å². The van der Waals surface area contributed by atoms with E-state index < -0.39 is 0 Å². The van der Waals surface area contributed by atoms with Gasteiger partial charge >= 0.3 is 0 Å². The van der Waals surface area contributed by atoms with Crippen LogP contribution in [0.2, 0.25) is 0 Å². The van der Waals surface area contributed by atoms with Crippen molar-refractivity contribution in [1.29, 1.82) is 0 Å². The average Bonchev–Trinajstić information content (AvgIpc) is 3.91. The van der Waals surface area contributed by atoms with Gasteiger partial charge in [-0.3, -0.25) is 0 Å². The van der Waals surface area contributed by atoms with Crippen LogP contribution < -0.4 is 26.2 Å². The Morgan fingerprint density at radius 1 is 0.639 bits per heavy atom. The monoisotopic (exact) mass is 784 g/mol. The lowest BCUT2D eigenvalue weighted by atomic mass is 9.33. The number of para-hydroxylation sites is 4. The number of H-pyrrole nitrogens is 1. The van der Waals surface area contributed by atoms with Gasteiger partial charge in [-0.1, -0.05) is 123 Å². The Bertz CT molecular complexity index is 3460. The minimum absolute atomic E-state index is 0.0415. The van der Waals surface area contributed by atoms with E-state index in [0.717, 1.165) is 35.2 Å².